The molecule has 0 aliphatic carbocycles. The third-order valence-corrected chi connectivity index (χ3v) is 14.6. The summed E-state index contributed by atoms with van der Waals surface area (Å²) in [6.45, 7) is 0. The van der Waals surface area contributed by atoms with Crippen LogP contribution >= 0.6 is 11.3 Å². The number of fused-ring (bicyclic) bond motifs is 12. The molecule has 4 heterocycles. The summed E-state index contributed by atoms with van der Waals surface area (Å²) in [5.41, 5.74) is 12.5. The van der Waals surface area contributed by atoms with Gasteiger partial charge in [0.2, 0.25) is 0 Å². The molecule has 0 atom stereocenters. The molecule has 14 rings (SSSR count). The van der Waals surface area contributed by atoms with Crippen LogP contribution < -0.4 is 0 Å². The number of pyridine rings is 1. The van der Waals surface area contributed by atoms with E-state index in [1.165, 1.54) is 47.1 Å². The molecule has 316 valence electrons. The van der Waals surface area contributed by atoms with Crippen molar-refractivity contribution in [3.63, 3.8) is 0 Å². The summed E-state index contributed by atoms with van der Waals surface area (Å²) in [6, 6.07) is 79.8. The van der Waals surface area contributed by atoms with Crippen molar-refractivity contribution in [3.05, 3.63) is 224 Å². The minimum Gasteiger partial charge on any atom is -0.291 e. The Morgan fingerprint density at radius 1 is 0.309 bits per heavy atom. The summed E-state index contributed by atoms with van der Waals surface area (Å²) in [5.74, 6) is 1.85. The Balaban J connectivity index is 0.936. The molecule has 6 heteroatoms. The van der Waals surface area contributed by atoms with Crippen molar-refractivity contribution in [2.24, 2.45) is 0 Å². The van der Waals surface area contributed by atoms with Gasteiger partial charge in [-0.2, -0.15) is 0 Å². The molecule has 0 aliphatic rings. The molecule has 14 aromatic rings. The molecule has 5 nitrogen and oxygen atoms in total. The fourth-order valence-corrected chi connectivity index (χ4v) is 11.2. The first-order valence-corrected chi connectivity index (χ1v) is 23.7. The predicted octanol–water partition coefficient (Wildman–Crippen LogP) is 16.5. The van der Waals surface area contributed by atoms with Crippen LogP contribution in [0.1, 0.15) is 0 Å². The van der Waals surface area contributed by atoms with Crippen molar-refractivity contribution in [1.29, 1.82) is 0 Å². The third kappa shape index (κ3) is 6.30. The van der Waals surface area contributed by atoms with Gasteiger partial charge in [0.05, 0.1) is 21.4 Å². The summed E-state index contributed by atoms with van der Waals surface area (Å²) in [4.78, 5) is 21.0. The van der Waals surface area contributed by atoms with Gasteiger partial charge >= 0.3 is 0 Å². The quantitative estimate of drug-likeness (QED) is 0.156. The van der Waals surface area contributed by atoms with Gasteiger partial charge in [-0.3, -0.25) is 4.40 Å². The van der Waals surface area contributed by atoms with Gasteiger partial charge in [-0.05, 0) is 79.0 Å². The van der Waals surface area contributed by atoms with Gasteiger partial charge in [0, 0.05) is 37.5 Å². The summed E-state index contributed by atoms with van der Waals surface area (Å²) >= 11 is 1.82. The molecule has 68 heavy (non-hydrogen) atoms. The van der Waals surface area contributed by atoms with Crippen LogP contribution in [0, 0.1) is 0 Å². The highest BCUT2D eigenvalue weighted by atomic mass is 32.1. The van der Waals surface area contributed by atoms with Gasteiger partial charge in [0.15, 0.2) is 23.1 Å². The molecule has 0 aliphatic heterocycles. The number of nitrogens with zero attached hydrogens (tertiary/aromatic N) is 5. The van der Waals surface area contributed by atoms with Crippen LogP contribution in [0.25, 0.3) is 137 Å². The Morgan fingerprint density at radius 3 is 1.40 bits per heavy atom. The normalized spacial score (nSPS) is 11.8. The van der Waals surface area contributed by atoms with Crippen molar-refractivity contribution in [3.8, 4) is 67.7 Å². The Kier molecular flexibility index (Phi) is 8.69. The number of rotatable bonds is 6. The second kappa shape index (κ2) is 15.4. The van der Waals surface area contributed by atoms with Crippen molar-refractivity contribution in [2.75, 3.05) is 0 Å². The fraction of sp³-hybridized carbons (Fsp3) is 0. The number of aromatic nitrogens is 5. The lowest BCUT2D eigenvalue weighted by atomic mass is 10.0. The minimum atomic E-state index is 0.610. The first kappa shape index (κ1) is 38.4. The Morgan fingerprint density at radius 2 is 0.794 bits per heavy atom. The second-order valence-corrected chi connectivity index (χ2v) is 18.5. The van der Waals surface area contributed by atoms with Crippen molar-refractivity contribution >= 4 is 80.5 Å². The Labute approximate surface area is 395 Å². The van der Waals surface area contributed by atoms with E-state index in [0.717, 1.165) is 72.3 Å². The van der Waals surface area contributed by atoms with Crippen LogP contribution in [0.3, 0.4) is 0 Å². The van der Waals surface area contributed by atoms with Crippen molar-refractivity contribution in [1.82, 2.24) is 24.3 Å². The van der Waals surface area contributed by atoms with E-state index in [9.17, 15) is 0 Å². The lowest BCUT2D eigenvalue weighted by Crippen LogP contribution is -2.00. The molecule has 0 amide bonds. The van der Waals surface area contributed by atoms with Crippen LogP contribution in [0.4, 0.5) is 0 Å². The maximum Gasteiger partial charge on any atom is 0.164 e. The number of hydrogen-bond donors (Lipinski definition) is 0. The summed E-state index contributed by atoms with van der Waals surface area (Å²) in [6.07, 6.45) is 0. The molecule has 0 N–H and O–H groups in total. The number of imidazole rings is 1. The Bertz CT molecular complexity index is 4170. The van der Waals surface area contributed by atoms with E-state index in [1.54, 1.807) is 0 Å². The number of thiophene rings is 1. The van der Waals surface area contributed by atoms with E-state index in [0.29, 0.717) is 17.5 Å². The SMILES string of the molecule is c1ccc(-c2ccc(-c3nc(-c4ccc(-c5ccccc5)cc4)nc(-c4ccc(-c5cc6c7cc8ccccc8cc7sc6c6nc7c8ccc9ccccc9c8ccc7n56)cc4)n3)cc2)cc1. The summed E-state index contributed by atoms with van der Waals surface area (Å²) < 4.78 is 4.80. The smallest absolute Gasteiger partial charge is 0.164 e. The highest BCUT2D eigenvalue weighted by Crippen LogP contribution is 2.43. The first-order chi connectivity index (χ1) is 33.7. The fourth-order valence-electron chi connectivity index (χ4n) is 9.99. The molecule has 0 unspecified atom stereocenters. The van der Waals surface area contributed by atoms with Gasteiger partial charge in [-0.15, -0.1) is 11.3 Å². The molecule has 0 radical (unpaired) electrons. The molecular formula is C62H37N5S. The summed E-state index contributed by atoms with van der Waals surface area (Å²) in [5, 5.41) is 9.73. The van der Waals surface area contributed by atoms with Gasteiger partial charge in [0.25, 0.3) is 0 Å². The predicted molar refractivity (Wildman–Crippen MR) is 284 cm³/mol. The van der Waals surface area contributed by atoms with Crippen LogP contribution in [-0.4, -0.2) is 24.3 Å². The average molecular weight is 884 g/mol. The monoisotopic (exact) mass is 883 g/mol. The molecule has 4 aromatic heterocycles. The van der Waals surface area contributed by atoms with Crippen molar-refractivity contribution in [2.45, 2.75) is 0 Å². The van der Waals surface area contributed by atoms with Gasteiger partial charge in [-0.25, -0.2) is 19.9 Å². The van der Waals surface area contributed by atoms with E-state index < -0.39 is 0 Å². The van der Waals surface area contributed by atoms with Crippen LogP contribution in [-0.2, 0) is 0 Å². The van der Waals surface area contributed by atoms with Crippen LogP contribution in [0.15, 0.2) is 224 Å². The zero-order chi connectivity index (χ0) is 44.7. The lowest BCUT2D eigenvalue weighted by molar-refractivity contribution is 1.07. The van der Waals surface area contributed by atoms with E-state index in [4.69, 9.17) is 19.9 Å². The van der Waals surface area contributed by atoms with E-state index in [-0.39, 0.29) is 0 Å². The lowest BCUT2D eigenvalue weighted by Gasteiger charge is -2.12. The van der Waals surface area contributed by atoms with Crippen LogP contribution in [0.5, 0.6) is 0 Å². The molecule has 0 fully saturated rings. The van der Waals surface area contributed by atoms with E-state index >= 15 is 0 Å². The molecule has 0 spiro atoms. The maximum atomic E-state index is 5.56. The van der Waals surface area contributed by atoms with E-state index in [2.05, 4.69) is 217 Å². The minimum absolute atomic E-state index is 0.610. The largest absolute Gasteiger partial charge is 0.291 e. The van der Waals surface area contributed by atoms with Gasteiger partial charge in [-0.1, -0.05) is 200 Å². The van der Waals surface area contributed by atoms with Gasteiger partial charge < -0.3 is 0 Å². The second-order valence-electron chi connectivity index (χ2n) is 17.4. The highest BCUT2D eigenvalue weighted by molar-refractivity contribution is 7.26. The Hall–Kier alpha value is -8.84. The average Bonchev–Trinajstić information content (AvgIpc) is 3.99. The molecular weight excluding hydrogens is 847 g/mol. The van der Waals surface area contributed by atoms with E-state index in [1.807, 2.05) is 23.5 Å². The zero-order valence-corrected chi connectivity index (χ0v) is 37.3. The number of benzene rings is 10. The highest BCUT2D eigenvalue weighted by Gasteiger charge is 2.21. The maximum absolute atomic E-state index is 5.56. The molecule has 0 saturated heterocycles. The molecule has 0 saturated carbocycles. The topological polar surface area (TPSA) is 56.0 Å². The third-order valence-electron chi connectivity index (χ3n) is 13.4. The first-order valence-electron chi connectivity index (χ1n) is 22.9. The molecule has 10 aromatic carbocycles. The zero-order valence-electron chi connectivity index (χ0n) is 36.5. The summed E-state index contributed by atoms with van der Waals surface area (Å²) in [7, 11) is 0. The van der Waals surface area contributed by atoms with Gasteiger partial charge in [0.1, 0.15) is 0 Å². The number of hydrogen-bond acceptors (Lipinski definition) is 5. The molecule has 0 bridgehead atoms. The van der Waals surface area contributed by atoms with Crippen LogP contribution in [0.2, 0.25) is 0 Å². The standard InChI is InChI=1S/C62H37N5S/c1-3-11-38(12-4-1)40-19-25-44(26-20-40)59-64-60(45-27-21-41(22-28-45)39-13-5-2-6-14-39)66-61(65-59)46-29-23-43(24-30-46)55-37-53-52-35-47-16-7-8-17-48(47)36-56(52)68-58(53)62-63-57-51-32-31-42-15-9-10-18-49(42)50(51)33-34-54(57)67(55)62/h1-37H. The van der Waals surface area contributed by atoms with Crippen molar-refractivity contribution < 1.29 is 0 Å².